The minimum atomic E-state index is -1.50. The number of anilines is 1. The molecule has 2 aromatic carbocycles. The van der Waals surface area contributed by atoms with Crippen LogP contribution in [0.25, 0.3) is 0 Å². The second kappa shape index (κ2) is 9.91. The molecule has 0 bridgehead atoms. The second-order valence-corrected chi connectivity index (χ2v) is 10.1. The highest BCUT2D eigenvalue weighted by Gasteiger charge is 2.39. The number of esters is 1. The number of aryl methyl sites for hydroxylation is 1. The number of nitrogens with one attached hydrogen (secondary N) is 1. The van der Waals surface area contributed by atoms with Crippen molar-refractivity contribution in [1.82, 2.24) is 5.32 Å². The maximum absolute atomic E-state index is 15.5. The zero-order chi connectivity index (χ0) is 24.5. The molecule has 4 nitrogen and oxygen atoms in total. The average molecular weight is 465 g/mol. The number of ether oxygens (including phenoxy) is 1. The number of alkyl halides is 1. The topological polar surface area (TPSA) is 41.6 Å². The normalized spacial score (nSPS) is 22.9. The number of hydrogen-bond donors (Lipinski definition) is 1. The van der Waals surface area contributed by atoms with Gasteiger partial charge in [-0.15, -0.1) is 0 Å². The number of carbonyl (C=O) groups is 1. The van der Waals surface area contributed by atoms with E-state index >= 15 is 4.39 Å². The first-order chi connectivity index (χ1) is 16.2. The van der Waals surface area contributed by atoms with Gasteiger partial charge in [-0.1, -0.05) is 49.9 Å². The fourth-order valence-electron chi connectivity index (χ4n) is 5.44. The third-order valence-electron chi connectivity index (χ3n) is 7.22. The van der Waals surface area contributed by atoms with Gasteiger partial charge in [0.25, 0.3) is 0 Å². The molecule has 34 heavy (non-hydrogen) atoms. The summed E-state index contributed by atoms with van der Waals surface area (Å²) in [5, 5.41) is 3.57. The zero-order valence-electron chi connectivity index (χ0n) is 20.9. The van der Waals surface area contributed by atoms with Gasteiger partial charge < -0.3 is 15.0 Å². The Balaban J connectivity index is 1.87. The Hall–Kier alpha value is -2.66. The minimum Gasteiger partial charge on any atom is -0.455 e. The Kier molecular flexibility index (Phi) is 7.13. The number of rotatable bonds is 6. The van der Waals surface area contributed by atoms with Crippen molar-refractivity contribution in [3.8, 4) is 0 Å². The molecule has 0 saturated carbocycles. The van der Waals surface area contributed by atoms with Gasteiger partial charge in [0.05, 0.1) is 5.70 Å². The van der Waals surface area contributed by atoms with Crippen molar-refractivity contribution in [2.45, 2.75) is 77.1 Å². The molecule has 182 valence electrons. The van der Waals surface area contributed by atoms with E-state index in [4.69, 9.17) is 4.74 Å². The number of carbonyl (C=O) groups excluding carboxylic acids is 1. The molecule has 0 aliphatic carbocycles. The number of hydrogen-bond acceptors (Lipinski definition) is 4. The molecule has 5 heteroatoms. The molecule has 1 fully saturated rings. The smallest absolute Gasteiger partial charge is 0.303 e. The molecule has 2 aliphatic heterocycles. The summed E-state index contributed by atoms with van der Waals surface area (Å²) in [6.07, 6.45) is 3.20. The summed E-state index contributed by atoms with van der Waals surface area (Å²) < 4.78 is 21.4. The lowest BCUT2D eigenvalue weighted by molar-refractivity contribution is -0.145. The van der Waals surface area contributed by atoms with Gasteiger partial charge >= 0.3 is 5.97 Å². The largest absolute Gasteiger partial charge is 0.455 e. The molecule has 3 atom stereocenters. The van der Waals surface area contributed by atoms with E-state index in [1.165, 1.54) is 12.5 Å². The summed E-state index contributed by atoms with van der Waals surface area (Å²) >= 11 is 0. The summed E-state index contributed by atoms with van der Waals surface area (Å²) in [5.41, 5.74) is 4.19. The minimum absolute atomic E-state index is 0.161. The van der Waals surface area contributed by atoms with Crippen LogP contribution in [0.1, 0.15) is 68.7 Å². The van der Waals surface area contributed by atoms with Crippen molar-refractivity contribution in [3.63, 3.8) is 0 Å². The summed E-state index contributed by atoms with van der Waals surface area (Å²) in [4.78, 5) is 14.4. The predicted molar refractivity (Wildman–Crippen MR) is 136 cm³/mol. The molecule has 2 aliphatic rings. The van der Waals surface area contributed by atoms with E-state index in [2.05, 4.69) is 54.1 Å². The summed E-state index contributed by atoms with van der Waals surface area (Å²) in [6, 6.07) is 14.7. The average Bonchev–Trinajstić information content (AvgIpc) is 3.28. The first-order valence-corrected chi connectivity index (χ1v) is 12.5. The van der Waals surface area contributed by atoms with E-state index < -0.39 is 11.8 Å². The molecule has 0 amide bonds. The Labute approximate surface area is 203 Å². The Morgan fingerprint density at radius 2 is 1.97 bits per heavy atom. The van der Waals surface area contributed by atoms with Gasteiger partial charge in [0, 0.05) is 31.1 Å². The van der Waals surface area contributed by atoms with Crippen LogP contribution in [-0.4, -0.2) is 31.2 Å². The summed E-state index contributed by atoms with van der Waals surface area (Å²) in [7, 11) is 0. The van der Waals surface area contributed by atoms with Gasteiger partial charge in [-0.3, -0.25) is 4.79 Å². The van der Waals surface area contributed by atoms with E-state index in [0.717, 1.165) is 48.3 Å². The van der Waals surface area contributed by atoms with E-state index in [1.54, 1.807) is 13.8 Å². The third-order valence-corrected chi connectivity index (χ3v) is 7.22. The molecule has 0 aromatic heterocycles. The van der Waals surface area contributed by atoms with E-state index in [1.807, 2.05) is 12.1 Å². The second-order valence-electron chi connectivity index (χ2n) is 10.1. The van der Waals surface area contributed by atoms with Crippen molar-refractivity contribution in [2.24, 2.45) is 0 Å². The highest BCUT2D eigenvalue weighted by Crippen LogP contribution is 2.44. The molecule has 1 N–H and O–H groups in total. The molecule has 4 rings (SSSR count). The van der Waals surface area contributed by atoms with Crippen LogP contribution in [0.5, 0.6) is 0 Å². The van der Waals surface area contributed by atoms with E-state index in [9.17, 15) is 4.79 Å². The van der Waals surface area contributed by atoms with Crippen molar-refractivity contribution in [3.05, 3.63) is 77.0 Å². The Morgan fingerprint density at radius 1 is 1.24 bits per heavy atom. The van der Waals surface area contributed by atoms with E-state index in [0.29, 0.717) is 24.6 Å². The quantitative estimate of drug-likeness (QED) is 0.549. The molecule has 0 spiro atoms. The lowest BCUT2D eigenvalue weighted by Crippen LogP contribution is -2.41. The molecular weight excluding hydrogens is 427 g/mol. The van der Waals surface area contributed by atoms with Crippen LogP contribution in [0, 0.1) is 0 Å². The molecular formula is C29H37FN2O2. The van der Waals surface area contributed by atoms with Crippen molar-refractivity contribution >= 4 is 11.7 Å². The van der Waals surface area contributed by atoms with Gasteiger partial charge in [0.15, 0.2) is 0 Å². The van der Waals surface area contributed by atoms with Gasteiger partial charge in [0.2, 0.25) is 0 Å². The van der Waals surface area contributed by atoms with Gasteiger partial charge in [0.1, 0.15) is 11.8 Å². The fraction of sp³-hybridized carbons (Fsp3) is 0.483. The molecule has 0 radical (unpaired) electrons. The molecule has 2 aromatic rings. The van der Waals surface area contributed by atoms with Crippen LogP contribution in [0.15, 0.2) is 54.7 Å². The van der Waals surface area contributed by atoms with E-state index in [-0.39, 0.29) is 11.9 Å². The monoisotopic (exact) mass is 464 g/mol. The third kappa shape index (κ3) is 5.05. The van der Waals surface area contributed by atoms with Crippen LogP contribution in [0.3, 0.4) is 0 Å². The van der Waals surface area contributed by atoms with Crippen LogP contribution in [0.2, 0.25) is 0 Å². The first-order valence-electron chi connectivity index (χ1n) is 12.5. The van der Waals surface area contributed by atoms with Gasteiger partial charge in [-0.05, 0) is 74.4 Å². The Bertz CT molecular complexity index is 1040. The Morgan fingerprint density at radius 3 is 2.56 bits per heavy atom. The fourth-order valence-corrected chi connectivity index (χ4v) is 5.44. The highest BCUT2D eigenvalue weighted by atomic mass is 19.1. The standard InChI is InChI=1S/C29H37FN2O2/c1-6-21-12-14-22(15-13-21)24-17-25-26(29(4,5)30)10-7-11-27(25)32(18-23-9-8-16-31-23)19(2)28(24)34-20(3)33/h7,10-15,23-24,28,31H,2,6,8-9,16-18H2,1,3-5H3. The molecule has 1 saturated heterocycles. The lowest BCUT2D eigenvalue weighted by Gasteiger charge is -2.34. The maximum atomic E-state index is 15.5. The SMILES string of the molecule is C=C1C(OC(C)=O)C(c2ccc(CC)cc2)Cc2c(cccc2C(C)(C)F)N1CC1CCCN1. The van der Waals surface area contributed by atoms with Crippen molar-refractivity contribution < 1.29 is 13.9 Å². The number of nitrogens with zero attached hydrogens (tertiary/aromatic N) is 1. The lowest BCUT2D eigenvalue weighted by atomic mass is 9.83. The summed E-state index contributed by atoms with van der Waals surface area (Å²) in [6.45, 7) is 13.0. The van der Waals surface area contributed by atoms with Gasteiger partial charge in [-0.25, -0.2) is 4.39 Å². The molecule has 3 unspecified atom stereocenters. The predicted octanol–water partition coefficient (Wildman–Crippen LogP) is 5.80. The number of benzene rings is 2. The summed E-state index contributed by atoms with van der Waals surface area (Å²) in [5.74, 6) is -0.497. The number of halogens is 1. The van der Waals surface area contributed by atoms with Crippen LogP contribution >= 0.6 is 0 Å². The highest BCUT2D eigenvalue weighted by molar-refractivity contribution is 5.69. The van der Waals surface area contributed by atoms with Gasteiger partial charge in [-0.2, -0.15) is 0 Å². The van der Waals surface area contributed by atoms with Crippen molar-refractivity contribution in [1.29, 1.82) is 0 Å². The maximum Gasteiger partial charge on any atom is 0.303 e. The van der Waals surface area contributed by atoms with Crippen LogP contribution in [-0.2, 0) is 28.0 Å². The van der Waals surface area contributed by atoms with Crippen molar-refractivity contribution in [2.75, 3.05) is 18.0 Å². The first kappa shape index (κ1) is 24.5. The van der Waals surface area contributed by atoms with Crippen LogP contribution < -0.4 is 10.2 Å². The van der Waals surface area contributed by atoms with Crippen LogP contribution in [0.4, 0.5) is 10.1 Å². The molecule has 2 heterocycles. The zero-order valence-corrected chi connectivity index (χ0v) is 20.9. The number of fused-ring (bicyclic) bond motifs is 1.